The van der Waals surface area contributed by atoms with Crippen LogP contribution in [0, 0.1) is 0 Å². The van der Waals surface area contributed by atoms with Crippen molar-refractivity contribution in [2.75, 3.05) is 27.2 Å². The van der Waals surface area contributed by atoms with Gasteiger partial charge in [0.2, 0.25) is 0 Å². The molecule has 1 aromatic rings. The molecule has 0 unspecified atom stereocenters. The lowest BCUT2D eigenvalue weighted by Crippen LogP contribution is -2.35. The van der Waals surface area contributed by atoms with Crippen molar-refractivity contribution >= 4 is 17.4 Å². The lowest BCUT2D eigenvalue weighted by molar-refractivity contribution is -0.160. The fourth-order valence-electron chi connectivity index (χ4n) is 1.40. The van der Waals surface area contributed by atoms with Crippen molar-refractivity contribution in [1.29, 1.82) is 0 Å². The lowest BCUT2D eigenvalue weighted by atomic mass is 10.2. The number of likely N-dealkylation sites (N-methyl/N-ethyl adjacent to an activating group) is 1. The average molecular weight is 296 g/mol. The number of nitrogens with zero attached hydrogens (tertiary/aromatic N) is 1. The van der Waals surface area contributed by atoms with Crippen molar-refractivity contribution in [2.24, 2.45) is 0 Å². The molecule has 4 nitrogen and oxygen atoms in total. The molecule has 1 atom stereocenters. The number of amides is 1. The van der Waals surface area contributed by atoms with Crippen molar-refractivity contribution in [1.82, 2.24) is 10.2 Å². The van der Waals surface area contributed by atoms with Crippen LogP contribution < -0.4 is 5.32 Å². The number of carbonyl (C=O) groups excluding carboxylic acids is 1. The van der Waals surface area contributed by atoms with Gasteiger partial charge in [0.05, 0.1) is 6.04 Å². The Morgan fingerprint density at radius 1 is 1.53 bits per heavy atom. The highest BCUT2D eigenvalue weighted by Gasteiger charge is 2.29. The molecule has 8 heteroatoms. The van der Waals surface area contributed by atoms with Crippen LogP contribution in [0.1, 0.15) is 10.9 Å². The molecule has 0 bridgehead atoms. The summed E-state index contributed by atoms with van der Waals surface area (Å²) in [6, 6.07) is 3.68. The molecule has 0 aliphatic heterocycles. The summed E-state index contributed by atoms with van der Waals surface area (Å²) >= 11 is 1.51. The summed E-state index contributed by atoms with van der Waals surface area (Å²) in [4.78, 5) is 14.0. The molecular formula is C11H15F3N2O2S. The summed E-state index contributed by atoms with van der Waals surface area (Å²) in [5.41, 5.74) is 0. The molecule has 1 aromatic heterocycles. The third-order valence-electron chi connectivity index (χ3n) is 2.30. The Morgan fingerprint density at radius 2 is 2.21 bits per heavy atom. The number of rotatable bonds is 5. The topological polar surface area (TPSA) is 41.6 Å². The summed E-state index contributed by atoms with van der Waals surface area (Å²) in [7, 11) is 3.65. The second-order valence-corrected chi connectivity index (χ2v) is 5.05. The number of alkyl carbamates (subject to hydrolysis) is 1. The van der Waals surface area contributed by atoms with E-state index in [1.165, 1.54) is 11.3 Å². The number of thiophene rings is 1. The van der Waals surface area contributed by atoms with Crippen LogP contribution in [0.2, 0.25) is 0 Å². The van der Waals surface area contributed by atoms with Gasteiger partial charge in [0, 0.05) is 11.4 Å². The summed E-state index contributed by atoms with van der Waals surface area (Å²) in [6.07, 6.45) is -5.58. The predicted molar refractivity (Wildman–Crippen MR) is 66.2 cm³/mol. The molecule has 1 heterocycles. The van der Waals surface area contributed by atoms with Gasteiger partial charge >= 0.3 is 12.3 Å². The number of hydrogen-bond acceptors (Lipinski definition) is 4. The first-order chi connectivity index (χ1) is 8.79. The van der Waals surface area contributed by atoms with Gasteiger partial charge in [-0.25, -0.2) is 4.79 Å². The molecule has 0 aliphatic carbocycles. The fraction of sp³-hybridized carbons (Fsp3) is 0.545. The summed E-state index contributed by atoms with van der Waals surface area (Å²) in [5, 5.41) is 4.23. The number of alkyl halides is 3. The van der Waals surface area contributed by atoms with Crippen LogP contribution in [0.5, 0.6) is 0 Å². The van der Waals surface area contributed by atoms with Crippen molar-refractivity contribution in [3.63, 3.8) is 0 Å². The predicted octanol–water partition coefficient (Wildman–Crippen LogP) is 2.64. The van der Waals surface area contributed by atoms with Crippen LogP contribution in [0.15, 0.2) is 17.5 Å². The molecule has 1 N–H and O–H groups in total. The van der Waals surface area contributed by atoms with E-state index in [2.05, 4.69) is 10.1 Å². The molecule has 108 valence electrons. The third-order valence-corrected chi connectivity index (χ3v) is 3.28. The first-order valence-corrected chi connectivity index (χ1v) is 6.35. The van der Waals surface area contributed by atoms with Crippen molar-refractivity contribution in [2.45, 2.75) is 12.2 Å². The van der Waals surface area contributed by atoms with E-state index < -0.39 is 18.9 Å². The van der Waals surface area contributed by atoms with E-state index in [9.17, 15) is 18.0 Å². The molecule has 0 aliphatic rings. The SMILES string of the molecule is CN(C)[C@@H](CNC(=O)OCC(F)(F)F)c1cccs1. The minimum absolute atomic E-state index is 0.0987. The monoisotopic (exact) mass is 296 g/mol. The maximum atomic E-state index is 11.9. The maximum Gasteiger partial charge on any atom is 0.422 e. The highest BCUT2D eigenvalue weighted by atomic mass is 32.1. The van der Waals surface area contributed by atoms with Crippen LogP contribution >= 0.6 is 11.3 Å². The number of nitrogens with one attached hydrogen (secondary N) is 1. The van der Waals surface area contributed by atoms with Gasteiger partial charge in [0.1, 0.15) is 0 Å². The number of hydrogen-bond donors (Lipinski definition) is 1. The molecule has 0 spiro atoms. The van der Waals surface area contributed by atoms with Gasteiger partial charge in [0.25, 0.3) is 0 Å². The highest BCUT2D eigenvalue weighted by Crippen LogP contribution is 2.22. The van der Waals surface area contributed by atoms with Gasteiger partial charge in [-0.15, -0.1) is 11.3 Å². The zero-order valence-corrected chi connectivity index (χ0v) is 11.3. The maximum absolute atomic E-state index is 11.9. The molecule has 1 rings (SSSR count). The highest BCUT2D eigenvalue weighted by molar-refractivity contribution is 7.10. The Bertz CT molecular complexity index is 393. The van der Waals surface area contributed by atoms with Crippen LogP contribution in [-0.4, -0.2) is 44.4 Å². The van der Waals surface area contributed by atoms with E-state index in [0.717, 1.165) is 4.88 Å². The fourth-order valence-corrected chi connectivity index (χ4v) is 2.32. The van der Waals surface area contributed by atoms with E-state index in [1.54, 1.807) is 0 Å². The lowest BCUT2D eigenvalue weighted by Gasteiger charge is -2.23. The van der Waals surface area contributed by atoms with E-state index >= 15 is 0 Å². The smallest absolute Gasteiger partial charge is 0.422 e. The molecule has 0 saturated heterocycles. The normalized spacial score (nSPS) is 13.4. The number of ether oxygens (including phenoxy) is 1. The molecule has 0 aromatic carbocycles. The molecular weight excluding hydrogens is 281 g/mol. The Kier molecular flexibility index (Phi) is 5.61. The standard InChI is InChI=1S/C11H15F3N2O2S/c1-16(2)8(9-4-3-5-19-9)6-15-10(17)18-7-11(12,13)14/h3-5,8H,6-7H2,1-2H3,(H,15,17)/t8-/m0/s1. The zero-order valence-electron chi connectivity index (χ0n) is 10.5. The summed E-state index contributed by atoms with van der Waals surface area (Å²) in [5.74, 6) is 0. The Morgan fingerprint density at radius 3 is 2.68 bits per heavy atom. The number of carbonyl (C=O) groups is 1. The van der Waals surface area contributed by atoms with Crippen LogP contribution in [0.3, 0.4) is 0 Å². The minimum Gasteiger partial charge on any atom is -0.440 e. The summed E-state index contributed by atoms with van der Waals surface area (Å²) < 4.78 is 39.6. The Hall–Kier alpha value is -1.28. The molecule has 0 radical (unpaired) electrons. The second kappa shape index (κ2) is 6.76. The van der Waals surface area contributed by atoms with Crippen LogP contribution in [-0.2, 0) is 4.74 Å². The average Bonchev–Trinajstić information content (AvgIpc) is 2.78. The Labute approximate surface area is 113 Å². The van der Waals surface area contributed by atoms with Crippen LogP contribution in [0.25, 0.3) is 0 Å². The van der Waals surface area contributed by atoms with Crippen molar-refractivity contribution in [3.05, 3.63) is 22.4 Å². The van der Waals surface area contributed by atoms with Gasteiger partial charge in [-0.2, -0.15) is 13.2 Å². The number of halogens is 3. The van der Waals surface area contributed by atoms with Gasteiger partial charge in [-0.3, -0.25) is 0 Å². The van der Waals surface area contributed by atoms with Gasteiger partial charge < -0.3 is 15.0 Å². The largest absolute Gasteiger partial charge is 0.440 e. The first-order valence-electron chi connectivity index (χ1n) is 5.47. The second-order valence-electron chi connectivity index (χ2n) is 4.07. The molecule has 0 saturated carbocycles. The molecule has 1 amide bonds. The Balaban J connectivity index is 2.43. The summed E-state index contributed by atoms with van der Waals surface area (Å²) in [6.45, 7) is -1.39. The third kappa shape index (κ3) is 5.93. The van der Waals surface area contributed by atoms with Gasteiger partial charge in [-0.05, 0) is 25.5 Å². The van der Waals surface area contributed by atoms with E-state index in [4.69, 9.17) is 0 Å². The first kappa shape index (κ1) is 15.8. The van der Waals surface area contributed by atoms with E-state index in [-0.39, 0.29) is 12.6 Å². The minimum atomic E-state index is -4.51. The quantitative estimate of drug-likeness (QED) is 0.908. The van der Waals surface area contributed by atoms with Crippen molar-refractivity contribution in [3.8, 4) is 0 Å². The van der Waals surface area contributed by atoms with Crippen molar-refractivity contribution < 1.29 is 22.7 Å². The molecule has 19 heavy (non-hydrogen) atoms. The van der Waals surface area contributed by atoms with Gasteiger partial charge in [0.15, 0.2) is 6.61 Å². The van der Waals surface area contributed by atoms with E-state index in [0.29, 0.717) is 0 Å². The van der Waals surface area contributed by atoms with Gasteiger partial charge in [-0.1, -0.05) is 6.07 Å². The van der Waals surface area contributed by atoms with Crippen LogP contribution in [0.4, 0.5) is 18.0 Å². The molecule has 0 fully saturated rings. The van der Waals surface area contributed by atoms with E-state index in [1.807, 2.05) is 36.5 Å². The zero-order chi connectivity index (χ0) is 14.5.